The Balaban J connectivity index is 2.01. The van der Waals surface area contributed by atoms with Crippen LogP contribution in [0.2, 0.25) is 0 Å². The summed E-state index contributed by atoms with van der Waals surface area (Å²) >= 11 is 0. The van der Waals surface area contributed by atoms with Crippen LogP contribution in [0.5, 0.6) is 0 Å². The number of aliphatic carboxylic acids is 1. The highest BCUT2D eigenvalue weighted by Gasteiger charge is 2.34. The molecule has 2 rings (SSSR count). The molecule has 0 unspecified atom stereocenters. The van der Waals surface area contributed by atoms with Crippen molar-refractivity contribution < 1.29 is 19.4 Å². The van der Waals surface area contributed by atoms with Crippen molar-refractivity contribution in [3.63, 3.8) is 0 Å². The lowest BCUT2D eigenvalue weighted by molar-refractivity contribution is -0.142. The number of rotatable bonds is 5. The van der Waals surface area contributed by atoms with Gasteiger partial charge in [0.1, 0.15) is 12.6 Å². The number of ether oxygens (including phenoxy) is 1. The van der Waals surface area contributed by atoms with Gasteiger partial charge in [-0.05, 0) is 25.3 Å². The molecule has 1 aromatic carbocycles. The van der Waals surface area contributed by atoms with E-state index in [0.717, 1.165) is 31.2 Å². The quantitative estimate of drug-likeness (QED) is 0.905. The molecule has 1 atom stereocenters. The minimum atomic E-state index is -1.00. The summed E-state index contributed by atoms with van der Waals surface area (Å²) in [4.78, 5) is 24.9. The van der Waals surface area contributed by atoms with Crippen LogP contribution in [0, 0.1) is 0 Å². The van der Waals surface area contributed by atoms with E-state index in [1.165, 1.54) is 11.8 Å². The minimum absolute atomic E-state index is 0.0284. The van der Waals surface area contributed by atoms with Gasteiger partial charge < -0.3 is 9.84 Å². The van der Waals surface area contributed by atoms with Crippen LogP contribution in [0.15, 0.2) is 30.3 Å². The highest BCUT2D eigenvalue weighted by Crippen LogP contribution is 2.26. The first-order valence-corrected chi connectivity index (χ1v) is 7.31. The van der Waals surface area contributed by atoms with Gasteiger partial charge in [0.15, 0.2) is 0 Å². The molecule has 21 heavy (non-hydrogen) atoms. The summed E-state index contributed by atoms with van der Waals surface area (Å²) in [6, 6.07) is 8.48. The zero-order valence-corrected chi connectivity index (χ0v) is 12.2. The zero-order valence-electron chi connectivity index (χ0n) is 12.2. The van der Waals surface area contributed by atoms with Crippen molar-refractivity contribution in [2.24, 2.45) is 0 Å². The van der Waals surface area contributed by atoms with E-state index in [-0.39, 0.29) is 12.6 Å². The van der Waals surface area contributed by atoms with Crippen molar-refractivity contribution in [3.8, 4) is 0 Å². The Kier molecular flexibility index (Phi) is 5.20. The molecular weight excluding hydrogens is 270 g/mol. The van der Waals surface area contributed by atoms with Crippen LogP contribution >= 0.6 is 0 Å². The molecule has 0 aromatic heterocycles. The second-order valence-electron chi connectivity index (χ2n) is 5.40. The summed E-state index contributed by atoms with van der Waals surface area (Å²) in [6.07, 6.45) is 3.20. The Morgan fingerprint density at radius 1 is 1.29 bits per heavy atom. The highest BCUT2D eigenvalue weighted by molar-refractivity contribution is 5.79. The normalized spacial score (nSPS) is 16.4. The lowest BCUT2D eigenvalue weighted by atomic mass is 10.1. The maximum Gasteiger partial charge on any atom is 0.411 e. The van der Waals surface area contributed by atoms with E-state index in [1.54, 1.807) is 0 Å². The largest absolute Gasteiger partial charge is 0.480 e. The summed E-state index contributed by atoms with van der Waals surface area (Å²) < 4.78 is 5.30. The van der Waals surface area contributed by atoms with Gasteiger partial charge in [0.05, 0.1) is 0 Å². The molecule has 1 saturated carbocycles. The lowest BCUT2D eigenvalue weighted by Gasteiger charge is -2.31. The molecule has 1 amide bonds. The zero-order chi connectivity index (χ0) is 15.2. The third-order valence-corrected chi connectivity index (χ3v) is 3.91. The Morgan fingerprint density at radius 2 is 1.90 bits per heavy atom. The van der Waals surface area contributed by atoms with Crippen LogP contribution in [-0.2, 0) is 16.1 Å². The lowest BCUT2D eigenvalue weighted by Crippen LogP contribution is -2.48. The number of hydrogen-bond donors (Lipinski definition) is 1. The fourth-order valence-corrected chi connectivity index (χ4v) is 2.72. The van der Waals surface area contributed by atoms with Crippen molar-refractivity contribution in [2.75, 3.05) is 0 Å². The van der Waals surface area contributed by atoms with Crippen LogP contribution in [-0.4, -0.2) is 34.2 Å². The maximum absolute atomic E-state index is 12.3. The second kappa shape index (κ2) is 7.11. The van der Waals surface area contributed by atoms with Gasteiger partial charge >= 0.3 is 12.1 Å². The average molecular weight is 291 g/mol. The van der Waals surface area contributed by atoms with Gasteiger partial charge in [0, 0.05) is 6.04 Å². The molecule has 0 saturated heterocycles. The summed E-state index contributed by atoms with van der Waals surface area (Å²) in [6.45, 7) is 1.69. The van der Waals surface area contributed by atoms with Crippen molar-refractivity contribution in [3.05, 3.63) is 35.9 Å². The molecule has 0 bridgehead atoms. The highest BCUT2D eigenvalue weighted by atomic mass is 16.6. The number of carboxylic acids is 1. The van der Waals surface area contributed by atoms with Crippen LogP contribution in [0.25, 0.3) is 0 Å². The molecular formula is C16H21NO4. The van der Waals surface area contributed by atoms with Crippen LogP contribution in [0.4, 0.5) is 4.79 Å². The number of nitrogens with zero attached hydrogens (tertiary/aromatic N) is 1. The Labute approximate surface area is 124 Å². The van der Waals surface area contributed by atoms with Gasteiger partial charge in [-0.3, -0.25) is 4.90 Å². The maximum atomic E-state index is 12.3. The van der Waals surface area contributed by atoms with E-state index in [0.29, 0.717) is 0 Å². The van der Waals surface area contributed by atoms with Crippen molar-refractivity contribution in [2.45, 2.75) is 51.3 Å². The molecule has 1 fully saturated rings. The molecule has 1 N–H and O–H groups in total. The molecule has 5 nitrogen and oxygen atoms in total. The van der Waals surface area contributed by atoms with E-state index >= 15 is 0 Å². The van der Waals surface area contributed by atoms with Gasteiger partial charge in [-0.2, -0.15) is 0 Å². The van der Waals surface area contributed by atoms with Crippen molar-refractivity contribution in [1.29, 1.82) is 0 Å². The molecule has 0 heterocycles. The number of benzene rings is 1. The molecule has 1 aromatic rings. The fourth-order valence-electron chi connectivity index (χ4n) is 2.72. The molecule has 1 aliphatic rings. The monoisotopic (exact) mass is 291 g/mol. The van der Waals surface area contributed by atoms with Crippen LogP contribution < -0.4 is 0 Å². The summed E-state index contributed by atoms with van der Waals surface area (Å²) in [5.74, 6) is -1.00. The van der Waals surface area contributed by atoms with Crippen LogP contribution in [0.3, 0.4) is 0 Å². The topological polar surface area (TPSA) is 66.8 Å². The van der Waals surface area contributed by atoms with E-state index < -0.39 is 18.1 Å². The Bertz CT molecular complexity index is 482. The smallest absolute Gasteiger partial charge is 0.411 e. The Hall–Kier alpha value is -2.04. The van der Waals surface area contributed by atoms with Crippen molar-refractivity contribution in [1.82, 2.24) is 4.90 Å². The van der Waals surface area contributed by atoms with Crippen LogP contribution in [0.1, 0.15) is 38.2 Å². The minimum Gasteiger partial charge on any atom is -0.480 e. The molecule has 0 aliphatic heterocycles. The van der Waals surface area contributed by atoms with E-state index in [2.05, 4.69) is 0 Å². The standard InChI is InChI=1S/C16H21NO4/c1-12(15(18)19)17(14-9-5-6-10-14)16(20)21-11-13-7-3-2-4-8-13/h2-4,7-8,12,14H,5-6,9-11H2,1H3,(H,18,19)/t12-/m0/s1. The third kappa shape index (κ3) is 3.97. The molecule has 0 spiro atoms. The van der Waals surface area contributed by atoms with E-state index in [4.69, 9.17) is 4.74 Å². The van der Waals surface area contributed by atoms with E-state index in [9.17, 15) is 14.7 Å². The number of amides is 1. The summed E-state index contributed by atoms with van der Waals surface area (Å²) in [7, 11) is 0. The first-order valence-electron chi connectivity index (χ1n) is 7.31. The van der Waals surface area contributed by atoms with Gasteiger partial charge in [-0.15, -0.1) is 0 Å². The fraction of sp³-hybridized carbons (Fsp3) is 0.500. The number of carbonyl (C=O) groups is 2. The van der Waals surface area contributed by atoms with Gasteiger partial charge in [-0.25, -0.2) is 9.59 Å². The SMILES string of the molecule is C[C@@H](C(=O)O)N(C(=O)OCc1ccccc1)C1CCCC1. The average Bonchev–Trinajstić information content (AvgIpc) is 3.00. The first-order chi connectivity index (χ1) is 10.1. The second-order valence-corrected chi connectivity index (χ2v) is 5.40. The number of carboxylic acid groups (broad SMARTS) is 1. The summed E-state index contributed by atoms with van der Waals surface area (Å²) in [5, 5.41) is 9.20. The number of hydrogen-bond acceptors (Lipinski definition) is 3. The van der Waals surface area contributed by atoms with Gasteiger partial charge in [0.2, 0.25) is 0 Å². The predicted molar refractivity (Wildman–Crippen MR) is 77.8 cm³/mol. The predicted octanol–water partition coefficient (Wildman–Crippen LogP) is 3.04. The number of carbonyl (C=O) groups excluding carboxylic acids is 1. The third-order valence-electron chi connectivity index (χ3n) is 3.91. The van der Waals surface area contributed by atoms with Gasteiger partial charge in [0.25, 0.3) is 0 Å². The Morgan fingerprint density at radius 3 is 2.48 bits per heavy atom. The summed E-state index contributed by atoms with van der Waals surface area (Å²) in [5.41, 5.74) is 0.889. The molecule has 0 radical (unpaired) electrons. The van der Waals surface area contributed by atoms with E-state index in [1.807, 2.05) is 30.3 Å². The first kappa shape index (κ1) is 15.4. The molecule has 114 valence electrons. The van der Waals surface area contributed by atoms with Crippen molar-refractivity contribution >= 4 is 12.1 Å². The molecule has 5 heteroatoms. The van der Waals surface area contributed by atoms with Gasteiger partial charge in [-0.1, -0.05) is 43.2 Å². The molecule has 1 aliphatic carbocycles.